The van der Waals surface area contributed by atoms with E-state index >= 15 is 0 Å². The minimum atomic E-state index is -0.926. The number of benzene rings is 1. The van der Waals surface area contributed by atoms with E-state index < -0.39 is 12.0 Å². The first-order valence-corrected chi connectivity index (χ1v) is 8.50. The summed E-state index contributed by atoms with van der Waals surface area (Å²) in [5.41, 5.74) is 2.35. The molecule has 23 heavy (non-hydrogen) atoms. The van der Waals surface area contributed by atoms with Gasteiger partial charge in [0.25, 0.3) is 5.91 Å². The molecule has 0 radical (unpaired) electrons. The number of hydrogen-bond acceptors (Lipinski definition) is 4. The SMILES string of the molecule is Cc1csc(-c2cccc(C(=O)N3CCCCC3C(=O)O)c2)n1. The number of carboxylic acids is 1. The molecule has 3 rings (SSSR count). The zero-order chi connectivity index (χ0) is 16.4. The Kier molecular flexibility index (Phi) is 4.43. The molecule has 2 aromatic rings. The zero-order valence-electron chi connectivity index (χ0n) is 12.9. The molecule has 1 unspecified atom stereocenters. The molecule has 1 amide bonds. The summed E-state index contributed by atoms with van der Waals surface area (Å²) in [6, 6.07) is 6.55. The number of carbonyl (C=O) groups excluding carboxylic acids is 1. The highest BCUT2D eigenvalue weighted by molar-refractivity contribution is 7.13. The van der Waals surface area contributed by atoms with Gasteiger partial charge in [-0.05, 0) is 38.3 Å². The van der Waals surface area contributed by atoms with E-state index in [1.54, 1.807) is 12.1 Å². The minimum Gasteiger partial charge on any atom is -0.480 e. The molecule has 1 aliphatic heterocycles. The van der Waals surface area contributed by atoms with Crippen LogP contribution < -0.4 is 0 Å². The largest absolute Gasteiger partial charge is 0.480 e. The molecule has 1 atom stereocenters. The highest BCUT2D eigenvalue weighted by Gasteiger charge is 2.32. The van der Waals surface area contributed by atoms with Crippen LogP contribution in [0, 0.1) is 6.92 Å². The summed E-state index contributed by atoms with van der Waals surface area (Å²) < 4.78 is 0. The van der Waals surface area contributed by atoms with Crippen molar-refractivity contribution in [2.75, 3.05) is 6.54 Å². The molecular formula is C17H18N2O3S. The normalized spacial score (nSPS) is 18.0. The Hall–Kier alpha value is -2.21. The van der Waals surface area contributed by atoms with Gasteiger partial charge in [0.15, 0.2) is 0 Å². The molecule has 1 fully saturated rings. The van der Waals surface area contributed by atoms with Gasteiger partial charge >= 0.3 is 5.97 Å². The highest BCUT2D eigenvalue weighted by Crippen LogP contribution is 2.26. The lowest BCUT2D eigenvalue weighted by molar-refractivity contribution is -0.143. The van der Waals surface area contributed by atoms with E-state index in [1.165, 1.54) is 16.2 Å². The summed E-state index contributed by atoms with van der Waals surface area (Å²) in [4.78, 5) is 30.1. The van der Waals surface area contributed by atoms with Gasteiger partial charge in [-0.1, -0.05) is 12.1 Å². The van der Waals surface area contributed by atoms with Gasteiger partial charge in [0.1, 0.15) is 11.0 Å². The lowest BCUT2D eigenvalue weighted by atomic mass is 10.0. The lowest BCUT2D eigenvalue weighted by Crippen LogP contribution is -2.47. The third-order valence-corrected chi connectivity index (χ3v) is 5.03. The summed E-state index contributed by atoms with van der Waals surface area (Å²) in [6.45, 7) is 2.43. The molecule has 1 aliphatic rings. The molecule has 0 spiro atoms. The molecular weight excluding hydrogens is 312 g/mol. The quantitative estimate of drug-likeness (QED) is 0.938. The van der Waals surface area contributed by atoms with Crippen molar-refractivity contribution >= 4 is 23.2 Å². The first-order valence-electron chi connectivity index (χ1n) is 7.62. The Morgan fingerprint density at radius 3 is 2.87 bits per heavy atom. The Morgan fingerprint density at radius 1 is 1.35 bits per heavy atom. The molecule has 6 heteroatoms. The zero-order valence-corrected chi connectivity index (χ0v) is 13.7. The molecule has 0 aliphatic carbocycles. The van der Waals surface area contributed by atoms with E-state index in [0.29, 0.717) is 18.5 Å². The van der Waals surface area contributed by atoms with Gasteiger partial charge in [0.2, 0.25) is 0 Å². The van der Waals surface area contributed by atoms with E-state index in [9.17, 15) is 14.7 Å². The van der Waals surface area contributed by atoms with Gasteiger partial charge in [-0.2, -0.15) is 0 Å². The fourth-order valence-electron chi connectivity index (χ4n) is 2.87. The Bertz CT molecular complexity index is 741. The number of likely N-dealkylation sites (tertiary alicyclic amines) is 1. The molecule has 1 saturated heterocycles. The minimum absolute atomic E-state index is 0.216. The van der Waals surface area contributed by atoms with Crippen molar-refractivity contribution in [1.82, 2.24) is 9.88 Å². The Labute approximate surface area is 138 Å². The van der Waals surface area contributed by atoms with Gasteiger partial charge in [-0.15, -0.1) is 11.3 Å². The van der Waals surface area contributed by atoms with Crippen LogP contribution in [0.5, 0.6) is 0 Å². The van der Waals surface area contributed by atoms with Gasteiger partial charge < -0.3 is 10.0 Å². The maximum Gasteiger partial charge on any atom is 0.326 e. The van der Waals surface area contributed by atoms with Crippen molar-refractivity contribution in [2.45, 2.75) is 32.2 Å². The van der Waals surface area contributed by atoms with Crippen LogP contribution in [-0.2, 0) is 4.79 Å². The maximum absolute atomic E-state index is 12.7. The standard InChI is InChI=1S/C17H18N2O3S/c1-11-10-23-15(18-11)12-5-4-6-13(9-12)16(20)19-8-3-2-7-14(19)17(21)22/h4-6,9-10,14H,2-3,7-8H2,1H3,(H,21,22). The summed E-state index contributed by atoms with van der Waals surface area (Å²) >= 11 is 1.53. The van der Waals surface area contributed by atoms with Crippen molar-refractivity contribution in [3.8, 4) is 10.6 Å². The molecule has 1 N–H and O–H groups in total. The maximum atomic E-state index is 12.7. The van der Waals surface area contributed by atoms with Crippen LogP contribution in [0.2, 0.25) is 0 Å². The van der Waals surface area contributed by atoms with Crippen molar-refractivity contribution in [3.63, 3.8) is 0 Å². The number of nitrogens with zero attached hydrogens (tertiary/aromatic N) is 2. The third kappa shape index (κ3) is 3.27. The van der Waals surface area contributed by atoms with Gasteiger partial charge in [0, 0.05) is 28.7 Å². The van der Waals surface area contributed by atoms with E-state index in [2.05, 4.69) is 4.98 Å². The van der Waals surface area contributed by atoms with Crippen molar-refractivity contribution in [1.29, 1.82) is 0 Å². The smallest absolute Gasteiger partial charge is 0.326 e. The first kappa shape index (κ1) is 15.7. The number of carboxylic acid groups (broad SMARTS) is 1. The second-order valence-electron chi connectivity index (χ2n) is 5.72. The van der Waals surface area contributed by atoms with Gasteiger partial charge in [-0.25, -0.2) is 9.78 Å². The molecule has 2 heterocycles. The molecule has 1 aromatic heterocycles. The van der Waals surface area contributed by atoms with E-state index in [0.717, 1.165) is 29.1 Å². The number of thiazole rings is 1. The van der Waals surface area contributed by atoms with E-state index in [4.69, 9.17) is 0 Å². The number of aromatic nitrogens is 1. The average Bonchev–Trinajstić information content (AvgIpc) is 3.01. The number of amides is 1. The fraction of sp³-hybridized carbons (Fsp3) is 0.353. The topological polar surface area (TPSA) is 70.5 Å². The first-order chi connectivity index (χ1) is 11.1. The van der Waals surface area contributed by atoms with Crippen LogP contribution in [0.1, 0.15) is 35.3 Å². The summed E-state index contributed by atoms with van der Waals surface area (Å²) in [7, 11) is 0. The highest BCUT2D eigenvalue weighted by atomic mass is 32.1. The Balaban J connectivity index is 1.88. The fourth-order valence-corrected chi connectivity index (χ4v) is 3.66. The van der Waals surface area contributed by atoms with Crippen LogP contribution in [-0.4, -0.2) is 39.5 Å². The number of aliphatic carboxylic acids is 1. The van der Waals surface area contributed by atoms with E-state index in [-0.39, 0.29) is 5.91 Å². The van der Waals surface area contributed by atoms with Crippen molar-refractivity contribution in [2.24, 2.45) is 0 Å². The number of piperidine rings is 1. The van der Waals surface area contributed by atoms with Crippen LogP contribution in [0.15, 0.2) is 29.6 Å². The lowest BCUT2D eigenvalue weighted by Gasteiger charge is -2.33. The van der Waals surface area contributed by atoms with Gasteiger partial charge in [-0.3, -0.25) is 4.79 Å². The molecule has 5 nitrogen and oxygen atoms in total. The average molecular weight is 330 g/mol. The Morgan fingerprint density at radius 2 is 2.17 bits per heavy atom. The summed E-state index contributed by atoms with van der Waals surface area (Å²) in [6.07, 6.45) is 2.21. The van der Waals surface area contributed by atoms with Crippen LogP contribution in [0.25, 0.3) is 10.6 Å². The third-order valence-electron chi connectivity index (χ3n) is 4.02. The predicted octanol–water partition coefficient (Wildman–Crippen LogP) is 3.20. The number of hydrogen-bond donors (Lipinski definition) is 1. The second-order valence-corrected chi connectivity index (χ2v) is 6.58. The van der Waals surface area contributed by atoms with Crippen LogP contribution >= 0.6 is 11.3 Å². The molecule has 0 bridgehead atoms. The van der Waals surface area contributed by atoms with Crippen LogP contribution in [0.3, 0.4) is 0 Å². The van der Waals surface area contributed by atoms with E-state index in [1.807, 2.05) is 24.4 Å². The monoisotopic (exact) mass is 330 g/mol. The number of rotatable bonds is 3. The summed E-state index contributed by atoms with van der Waals surface area (Å²) in [5.74, 6) is -1.14. The molecule has 0 saturated carbocycles. The molecule has 120 valence electrons. The van der Waals surface area contributed by atoms with Gasteiger partial charge in [0.05, 0.1) is 0 Å². The second kappa shape index (κ2) is 6.50. The molecule has 1 aromatic carbocycles. The number of carbonyl (C=O) groups is 2. The van der Waals surface area contributed by atoms with Crippen LogP contribution in [0.4, 0.5) is 0 Å². The van der Waals surface area contributed by atoms with Crippen molar-refractivity contribution < 1.29 is 14.7 Å². The number of aryl methyl sites for hydroxylation is 1. The van der Waals surface area contributed by atoms with Crippen molar-refractivity contribution in [3.05, 3.63) is 40.9 Å². The summed E-state index contributed by atoms with van der Waals surface area (Å²) in [5, 5.41) is 12.2. The predicted molar refractivity (Wildman–Crippen MR) is 88.6 cm³/mol.